The van der Waals surface area contributed by atoms with Crippen molar-refractivity contribution in [2.45, 2.75) is 53.2 Å². The minimum absolute atomic E-state index is 0.000706. The first-order valence-corrected chi connectivity index (χ1v) is 7.01. The normalized spacial score (nSPS) is 12.6. The molecule has 0 aromatic heterocycles. The van der Waals surface area contributed by atoms with Crippen LogP contribution < -0.4 is 10.1 Å². The molecule has 5 nitrogen and oxygen atoms in total. The molecule has 1 aromatic rings. The van der Waals surface area contributed by atoms with Gasteiger partial charge in [-0.2, -0.15) is 0 Å². The molecule has 1 N–H and O–H groups in total. The molecule has 0 radical (unpaired) electrons. The van der Waals surface area contributed by atoms with Gasteiger partial charge in [0.1, 0.15) is 0 Å². The Bertz CT molecular complexity index is 458. The van der Waals surface area contributed by atoms with Crippen LogP contribution in [0.25, 0.3) is 0 Å². The fourth-order valence-corrected chi connectivity index (χ4v) is 2.15. The third kappa shape index (κ3) is 5.07. The van der Waals surface area contributed by atoms with E-state index in [9.17, 15) is 10.1 Å². The number of hydrogen-bond donors (Lipinski definition) is 1. The zero-order valence-electron chi connectivity index (χ0n) is 12.8. The summed E-state index contributed by atoms with van der Waals surface area (Å²) in [6, 6.07) is 5.22. The van der Waals surface area contributed by atoms with Crippen molar-refractivity contribution in [1.82, 2.24) is 0 Å². The molecule has 5 heteroatoms. The van der Waals surface area contributed by atoms with E-state index in [0.29, 0.717) is 17.7 Å². The molecule has 1 aromatic carbocycles. The number of hydrogen-bond acceptors (Lipinski definition) is 4. The molecule has 0 heterocycles. The highest BCUT2D eigenvalue weighted by molar-refractivity contribution is 5.58. The minimum Gasteiger partial charge on any atom is -0.484 e. The van der Waals surface area contributed by atoms with Crippen molar-refractivity contribution < 1.29 is 9.66 Å². The molecule has 0 aliphatic rings. The second kappa shape index (κ2) is 7.12. The Morgan fingerprint density at radius 1 is 1.25 bits per heavy atom. The van der Waals surface area contributed by atoms with Gasteiger partial charge in [-0.15, -0.1) is 0 Å². The van der Waals surface area contributed by atoms with Crippen molar-refractivity contribution in [1.29, 1.82) is 0 Å². The third-order valence-electron chi connectivity index (χ3n) is 2.76. The Morgan fingerprint density at radius 3 is 2.40 bits per heavy atom. The van der Waals surface area contributed by atoms with Crippen LogP contribution in [0.4, 0.5) is 11.4 Å². The van der Waals surface area contributed by atoms with Gasteiger partial charge in [0.2, 0.25) is 0 Å². The van der Waals surface area contributed by atoms with E-state index < -0.39 is 4.92 Å². The summed E-state index contributed by atoms with van der Waals surface area (Å²) in [6.07, 6.45) is 0.939. The van der Waals surface area contributed by atoms with Crippen LogP contribution in [0.15, 0.2) is 18.2 Å². The quantitative estimate of drug-likeness (QED) is 0.599. The van der Waals surface area contributed by atoms with E-state index in [2.05, 4.69) is 26.1 Å². The van der Waals surface area contributed by atoms with Crippen LogP contribution in [-0.4, -0.2) is 17.1 Å². The van der Waals surface area contributed by atoms with Crippen LogP contribution in [0.1, 0.15) is 41.0 Å². The van der Waals surface area contributed by atoms with Crippen LogP contribution in [0.5, 0.6) is 5.75 Å². The predicted octanol–water partition coefficient (Wildman–Crippen LogP) is 4.23. The number of nitrogens with zero attached hydrogens (tertiary/aromatic N) is 1. The number of benzene rings is 1. The zero-order valence-corrected chi connectivity index (χ0v) is 12.8. The van der Waals surface area contributed by atoms with E-state index in [0.717, 1.165) is 12.1 Å². The van der Waals surface area contributed by atoms with E-state index in [1.807, 2.05) is 13.8 Å². The first-order chi connectivity index (χ1) is 9.29. The van der Waals surface area contributed by atoms with Gasteiger partial charge in [0.25, 0.3) is 0 Å². The molecule has 1 atom stereocenters. The lowest BCUT2D eigenvalue weighted by Crippen LogP contribution is -2.17. The maximum atomic E-state index is 11.0. The van der Waals surface area contributed by atoms with Crippen LogP contribution in [0.3, 0.4) is 0 Å². The highest BCUT2D eigenvalue weighted by Crippen LogP contribution is 2.31. The van der Waals surface area contributed by atoms with Crippen LogP contribution in [-0.2, 0) is 0 Å². The van der Waals surface area contributed by atoms with Crippen molar-refractivity contribution in [3.8, 4) is 5.75 Å². The van der Waals surface area contributed by atoms with E-state index in [1.165, 1.54) is 6.07 Å². The van der Waals surface area contributed by atoms with Gasteiger partial charge in [0.15, 0.2) is 5.75 Å². The SMILES string of the molecule is CC(C)CC(C)Nc1ccc([N+](=O)[O-])c(OC(C)C)c1. The van der Waals surface area contributed by atoms with E-state index in [4.69, 9.17) is 4.74 Å². The molecule has 0 fully saturated rings. The number of ether oxygens (including phenoxy) is 1. The highest BCUT2D eigenvalue weighted by Gasteiger charge is 2.17. The van der Waals surface area contributed by atoms with Crippen LogP contribution in [0.2, 0.25) is 0 Å². The van der Waals surface area contributed by atoms with Gasteiger partial charge in [-0.25, -0.2) is 0 Å². The molecule has 0 saturated carbocycles. The average molecular weight is 280 g/mol. The summed E-state index contributed by atoms with van der Waals surface area (Å²) in [6.45, 7) is 10.1. The molecule has 0 aliphatic heterocycles. The summed E-state index contributed by atoms with van der Waals surface area (Å²) in [5, 5.41) is 14.3. The summed E-state index contributed by atoms with van der Waals surface area (Å²) < 4.78 is 5.53. The number of nitro benzene ring substituents is 1. The Balaban J connectivity index is 2.91. The third-order valence-corrected chi connectivity index (χ3v) is 2.76. The number of nitro groups is 1. The highest BCUT2D eigenvalue weighted by atomic mass is 16.6. The first-order valence-electron chi connectivity index (χ1n) is 7.01. The lowest BCUT2D eigenvalue weighted by Gasteiger charge is -2.18. The van der Waals surface area contributed by atoms with E-state index >= 15 is 0 Å². The topological polar surface area (TPSA) is 64.4 Å². The molecule has 0 aliphatic carbocycles. The van der Waals surface area contributed by atoms with Crippen molar-refractivity contribution >= 4 is 11.4 Å². The van der Waals surface area contributed by atoms with Crippen molar-refractivity contribution in [2.24, 2.45) is 5.92 Å². The fourth-order valence-electron chi connectivity index (χ4n) is 2.15. The molecule has 20 heavy (non-hydrogen) atoms. The van der Waals surface area contributed by atoms with E-state index in [1.54, 1.807) is 12.1 Å². The second-order valence-electron chi connectivity index (χ2n) is 5.78. The minimum atomic E-state index is -0.418. The predicted molar refractivity (Wildman–Crippen MR) is 81.4 cm³/mol. The van der Waals surface area contributed by atoms with Crippen LogP contribution >= 0.6 is 0 Å². The number of anilines is 1. The van der Waals surface area contributed by atoms with Gasteiger partial charge in [0.05, 0.1) is 11.0 Å². The maximum absolute atomic E-state index is 11.0. The molecule has 0 amide bonds. The lowest BCUT2D eigenvalue weighted by atomic mass is 10.1. The average Bonchev–Trinajstić information content (AvgIpc) is 2.26. The number of nitrogens with one attached hydrogen (secondary N) is 1. The van der Waals surface area contributed by atoms with Gasteiger partial charge >= 0.3 is 5.69 Å². The molecule has 112 valence electrons. The standard InChI is InChI=1S/C15H24N2O3/c1-10(2)8-12(5)16-13-6-7-14(17(18)19)15(9-13)20-11(3)4/h6-7,9-12,16H,8H2,1-5H3. The van der Waals surface area contributed by atoms with Gasteiger partial charge in [-0.05, 0) is 39.2 Å². The Morgan fingerprint density at radius 2 is 1.90 bits per heavy atom. The van der Waals surface area contributed by atoms with Crippen LogP contribution in [0, 0.1) is 16.0 Å². The molecular formula is C15H24N2O3. The van der Waals surface area contributed by atoms with Gasteiger partial charge in [-0.1, -0.05) is 13.8 Å². The van der Waals surface area contributed by atoms with Gasteiger partial charge < -0.3 is 10.1 Å². The van der Waals surface area contributed by atoms with Gasteiger partial charge in [-0.3, -0.25) is 10.1 Å². The van der Waals surface area contributed by atoms with E-state index in [-0.39, 0.29) is 11.8 Å². The first kappa shape index (κ1) is 16.3. The Hall–Kier alpha value is -1.78. The zero-order chi connectivity index (χ0) is 15.3. The summed E-state index contributed by atoms with van der Waals surface area (Å²) in [5.74, 6) is 0.911. The number of rotatable bonds is 7. The summed E-state index contributed by atoms with van der Waals surface area (Å²) >= 11 is 0. The smallest absolute Gasteiger partial charge is 0.311 e. The molecule has 0 bridgehead atoms. The van der Waals surface area contributed by atoms with Crippen molar-refractivity contribution in [3.63, 3.8) is 0 Å². The van der Waals surface area contributed by atoms with Crippen molar-refractivity contribution in [2.75, 3.05) is 5.32 Å². The molecule has 1 rings (SSSR count). The molecule has 0 saturated heterocycles. The summed E-state index contributed by atoms with van der Waals surface area (Å²) in [5.41, 5.74) is 0.847. The molecule has 0 spiro atoms. The Labute approximate surface area is 120 Å². The summed E-state index contributed by atoms with van der Waals surface area (Å²) in [4.78, 5) is 10.6. The largest absolute Gasteiger partial charge is 0.484 e. The Kier molecular flexibility index (Phi) is 5.80. The van der Waals surface area contributed by atoms with Crippen molar-refractivity contribution in [3.05, 3.63) is 28.3 Å². The monoisotopic (exact) mass is 280 g/mol. The lowest BCUT2D eigenvalue weighted by molar-refractivity contribution is -0.386. The molecular weight excluding hydrogens is 256 g/mol. The fraction of sp³-hybridized carbons (Fsp3) is 0.600. The molecule has 1 unspecified atom stereocenters. The second-order valence-corrected chi connectivity index (χ2v) is 5.78. The summed E-state index contributed by atoms with van der Waals surface area (Å²) in [7, 11) is 0. The maximum Gasteiger partial charge on any atom is 0.311 e. The van der Waals surface area contributed by atoms with Gasteiger partial charge in [0, 0.05) is 23.9 Å².